The maximum Gasteiger partial charge on any atom is 0.122 e. The van der Waals surface area contributed by atoms with Crippen molar-refractivity contribution in [1.82, 2.24) is 0 Å². The fraction of sp³-hybridized carbons (Fsp3) is 0.500. The number of benzene rings is 3. The fourth-order valence-electron chi connectivity index (χ4n) is 5.22. The quantitative estimate of drug-likeness (QED) is 0.148. The zero-order chi connectivity index (χ0) is 27.5. The van der Waals surface area contributed by atoms with Crippen LogP contribution in [0.4, 0.5) is 0 Å². The molecule has 3 nitrogen and oxygen atoms in total. The van der Waals surface area contributed by atoms with Crippen molar-refractivity contribution in [3.05, 3.63) is 101 Å². The Morgan fingerprint density at radius 1 is 0.513 bits per heavy atom. The first-order chi connectivity index (χ1) is 19.3. The van der Waals surface area contributed by atoms with E-state index in [1.54, 1.807) is 6.07 Å². The van der Waals surface area contributed by atoms with E-state index in [9.17, 15) is 5.11 Å². The maximum absolute atomic E-state index is 11.3. The molecule has 39 heavy (non-hydrogen) atoms. The molecule has 2 unspecified atom stereocenters. The Balaban J connectivity index is 1.84. The number of hydrogen-bond donors (Lipinski definition) is 1. The van der Waals surface area contributed by atoms with Gasteiger partial charge in [0.1, 0.15) is 18.0 Å². The largest absolute Gasteiger partial charge is 0.508 e. The molecule has 212 valence electrons. The normalized spacial score (nSPS) is 12.9. The van der Waals surface area contributed by atoms with Crippen LogP contribution in [-0.2, 0) is 9.47 Å². The number of rotatable bonds is 20. The minimum Gasteiger partial charge on any atom is -0.508 e. The summed E-state index contributed by atoms with van der Waals surface area (Å²) in [6, 6.07) is 26.5. The van der Waals surface area contributed by atoms with Crippen molar-refractivity contribution in [2.75, 3.05) is 13.2 Å². The van der Waals surface area contributed by atoms with Gasteiger partial charge in [0, 0.05) is 18.8 Å². The molecule has 0 fully saturated rings. The van der Waals surface area contributed by atoms with Gasteiger partial charge in [-0.15, -0.1) is 0 Å². The van der Waals surface area contributed by atoms with Crippen molar-refractivity contribution in [2.45, 2.75) is 103 Å². The highest BCUT2D eigenvalue weighted by Gasteiger charge is 2.27. The predicted molar refractivity (Wildman–Crippen MR) is 163 cm³/mol. The average molecular weight is 531 g/mol. The first-order valence-electron chi connectivity index (χ1n) is 15.4. The molecule has 0 heterocycles. The summed E-state index contributed by atoms with van der Waals surface area (Å²) in [7, 11) is 0. The summed E-state index contributed by atoms with van der Waals surface area (Å²) in [5.74, 6) is 0.258. The number of unbranched alkanes of at least 4 members (excludes halogenated alkanes) is 10. The van der Waals surface area contributed by atoms with E-state index in [1.165, 1.54) is 64.2 Å². The zero-order valence-electron chi connectivity index (χ0n) is 24.3. The van der Waals surface area contributed by atoms with Gasteiger partial charge in [-0.3, -0.25) is 0 Å². The van der Waals surface area contributed by atoms with Crippen LogP contribution in [0.25, 0.3) is 0 Å². The average Bonchev–Trinajstić information content (AvgIpc) is 2.97. The Hall–Kier alpha value is -2.62. The predicted octanol–water partition coefficient (Wildman–Crippen LogP) is 10.3. The van der Waals surface area contributed by atoms with E-state index < -0.39 is 0 Å². The molecule has 0 spiro atoms. The standard InChI is InChI=1S/C36H50O3/c1-3-5-7-9-11-19-28-38-35(30-22-15-13-16-23-30)32-26-21-27-33(37)34(32)36(31-24-17-14-18-25-31)39-29-20-12-10-8-6-4-2/h13-18,21-27,35-37H,3-12,19-20,28-29H2,1-2H3. The fourth-order valence-corrected chi connectivity index (χ4v) is 5.22. The third-order valence-corrected chi connectivity index (χ3v) is 7.43. The third kappa shape index (κ3) is 10.5. The van der Waals surface area contributed by atoms with Crippen LogP contribution in [0.1, 0.15) is 125 Å². The zero-order valence-corrected chi connectivity index (χ0v) is 24.3. The second-order valence-electron chi connectivity index (χ2n) is 10.6. The van der Waals surface area contributed by atoms with Gasteiger partial charge in [-0.25, -0.2) is 0 Å². The molecule has 3 heteroatoms. The van der Waals surface area contributed by atoms with Crippen LogP contribution >= 0.6 is 0 Å². The van der Waals surface area contributed by atoms with Crippen molar-refractivity contribution in [2.24, 2.45) is 0 Å². The first-order valence-corrected chi connectivity index (χ1v) is 15.4. The van der Waals surface area contributed by atoms with E-state index in [0.717, 1.165) is 35.1 Å². The van der Waals surface area contributed by atoms with Crippen LogP contribution in [0.5, 0.6) is 5.75 Å². The molecule has 0 amide bonds. The van der Waals surface area contributed by atoms with Gasteiger partial charge in [0.15, 0.2) is 0 Å². The molecular formula is C36H50O3. The molecule has 0 saturated heterocycles. The smallest absolute Gasteiger partial charge is 0.122 e. The van der Waals surface area contributed by atoms with Gasteiger partial charge in [-0.2, -0.15) is 0 Å². The molecule has 3 aromatic rings. The van der Waals surface area contributed by atoms with Gasteiger partial charge < -0.3 is 14.6 Å². The monoisotopic (exact) mass is 530 g/mol. The van der Waals surface area contributed by atoms with E-state index in [-0.39, 0.29) is 18.0 Å². The number of ether oxygens (including phenoxy) is 2. The Morgan fingerprint density at radius 2 is 0.974 bits per heavy atom. The number of phenolic OH excluding ortho intramolecular Hbond substituents is 1. The highest BCUT2D eigenvalue weighted by molar-refractivity contribution is 5.48. The van der Waals surface area contributed by atoms with Crippen LogP contribution in [0.2, 0.25) is 0 Å². The van der Waals surface area contributed by atoms with E-state index >= 15 is 0 Å². The lowest BCUT2D eigenvalue weighted by Gasteiger charge is -2.27. The SMILES string of the molecule is CCCCCCCCOC(c1ccccc1)c1cccc(O)c1C(OCCCCCCCC)c1ccccc1. The lowest BCUT2D eigenvalue weighted by molar-refractivity contribution is 0.0603. The Morgan fingerprint density at radius 3 is 1.51 bits per heavy atom. The molecule has 0 aromatic heterocycles. The molecule has 3 aromatic carbocycles. The van der Waals surface area contributed by atoms with E-state index in [1.807, 2.05) is 30.3 Å². The topological polar surface area (TPSA) is 38.7 Å². The lowest BCUT2D eigenvalue weighted by Crippen LogP contribution is -2.15. The summed E-state index contributed by atoms with van der Waals surface area (Å²) in [6.07, 6.45) is 14.0. The lowest BCUT2D eigenvalue weighted by atomic mass is 9.90. The minimum absolute atomic E-state index is 0.258. The Labute approximate surface area is 237 Å². The van der Waals surface area contributed by atoms with E-state index in [0.29, 0.717) is 13.2 Å². The van der Waals surface area contributed by atoms with Crippen LogP contribution in [0.3, 0.4) is 0 Å². The number of aromatic hydroxyl groups is 1. The summed E-state index contributed by atoms with van der Waals surface area (Å²) in [5, 5.41) is 11.3. The van der Waals surface area contributed by atoms with Gasteiger partial charge in [0.25, 0.3) is 0 Å². The van der Waals surface area contributed by atoms with Gasteiger partial charge in [-0.1, -0.05) is 151 Å². The van der Waals surface area contributed by atoms with Crippen molar-refractivity contribution in [3.8, 4) is 5.75 Å². The second-order valence-corrected chi connectivity index (χ2v) is 10.6. The van der Waals surface area contributed by atoms with Crippen LogP contribution in [0, 0.1) is 0 Å². The summed E-state index contributed by atoms with van der Waals surface area (Å²) >= 11 is 0. The molecule has 0 aliphatic rings. The Kier molecular flexibility index (Phi) is 14.8. The van der Waals surface area contributed by atoms with Crippen LogP contribution in [0.15, 0.2) is 78.9 Å². The molecule has 0 aliphatic heterocycles. The summed E-state index contributed by atoms with van der Waals surface area (Å²) in [5.41, 5.74) is 3.93. The second kappa shape index (κ2) is 18.6. The van der Waals surface area contributed by atoms with Gasteiger partial charge >= 0.3 is 0 Å². The van der Waals surface area contributed by atoms with Crippen molar-refractivity contribution in [3.63, 3.8) is 0 Å². The molecule has 2 atom stereocenters. The summed E-state index contributed by atoms with van der Waals surface area (Å²) in [4.78, 5) is 0. The summed E-state index contributed by atoms with van der Waals surface area (Å²) < 4.78 is 13.2. The highest BCUT2D eigenvalue weighted by atomic mass is 16.5. The third-order valence-electron chi connectivity index (χ3n) is 7.43. The molecule has 0 aliphatic carbocycles. The van der Waals surface area contributed by atoms with Crippen molar-refractivity contribution >= 4 is 0 Å². The summed E-state index contributed by atoms with van der Waals surface area (Å²) in [6.45, 7) is 5.85. The van der Waals surface area contributed by atoms with E-state index in [2.05, 4.69) is 56.3 Å². The van der Waals surface area contributed by atoms with E-state index in [4.69, 9.17) is 9.47 Å². The van der Waals surface area contributed by atoms with Crippen molar-refractivity contribution in [1.29, 1.82) is 0 Å². The molecule has 1 N–H and O–H groups in total. The first kappa shape index (κ1) is 30.9. The van der Waals surface area contributed by atoms with Gasteiger partial charge in [-0.05, 0) is 35.6 Å². The van der Waals surface area contributed by atoms with Crippen LogP contribution < -0.4 is 0 Å². The molecule has 0 radical (unpaired) electrons. The molecule has 3 rings (SSSR count). The number of phenols is 1. The van der Waals surface area contributed by atoms with Gasteiger partial charge in [0.05, 0.1) is 0 Å². The Bertz CT molecular complexity index is 1020. The molecule has 0 saturated carbocycles. The molecular weight excluding hydrogens is 480 g/mol. The highest BCUT2D eigenvalue weighted by Crippen LogP contribution is 2.40. The maximum atomic E-state index is 11.3. The minimum atomic E-state index is -0.359. The van der Waals surface area contributed by atoms with Gasteiger partial charge in [0.2, 0.25) is 0 Å². The van der Waals surface area contributed by atoms with Crippen LogP contribution in [-0.4, -0.2) is 18.3 Å². The number of hydrogen-bond acceptors (Lipinski definition) is 3. The molecule has 0 bridgehead atoms. The van der Waals surface area contributed by atoms with Crippen molar-refractivity contribution < 1.29 is 14.6 Å².